The molecule has 0 heterocycles. The number of carboxylic acid groups (broad SMARTS) is 1. The van der Waals surface area contributed by atoms with E-state index in [0.29, 0.717) is 24.3 Å². The highest BCUT2D eigenvalue weighted by Crippen LogP contribution is 2.19. The van der Waals surface area contributed by atoms with E-state index >= 15 is 0 Å². The fourth-order valence-corrected chi connectivity index (χ4v) is 2.17. The molecule has 1 atom stereocenters. The largest absolute Gasteiger partial charge is 0.481 e. The van der Waals surface area contributed by atoms with Crippen LogP contribution in [0.15, 0.2) is 0 Å². The zero-order chi connectivity index (χ0) is 15.9. The third kappa shape index (κ3) is 7.99. The normalized spacial score (nSPS) is 14.4. The molecule has 20 heavy (non-hydrogen) atoms. The lowest BCUT2D eigenvalue weighted by Crippen LogP contribution is -2.47. The standard InChI is InChI=1S/C14H28N2O4/c1-9(2)11(10(3)4)7-15-13(19)16-8-14(5,20)6-12(17)18/h9-11,20H,6-8H2,1-5H3,(H,17,18)(H2,15,16,19). The summed E-state index contributed by atoms with van der Waals surface area (Å²) in [5.74, 6) is 0.202. The summed E-state index contributed by atoms with van der Waals surface area (Å²) < 4.78 is 0. The van der Waals surface area contributed by atoms with Crippen LogP contribution in [0.5, 0.6) is 0 Å². The highest BCUT2D eigenvalue weighted by Gasteiger charge is 2.25. The molecule has 2 amide bonds. The molecule has 4 N–H and O–H groups in total. The Bertz CT molecular complexity index is 319. The van der Waals surface area contributed by atoms with Gasteiger partial charge < -0.3 is 20.8 Å². The van der Waals surface area contributed by atoms with Gasteiger partial charge in [-0.3, -0.25) is 4.79 Å². The quantitative estimate of drug-likeness (QED) is 0.543. The highest BCUT2D eigenvalue weighted by atomic mass is 16.4. The lowest BCUT2D eigenvalue weighted by Gasteiger charge is -2.26. The molecule has 0 rings (SSSR count). The lowest BCUT2D eigenvalue weighted by molar-refractivity contribution is -0.141. The molecule has 0 saturated carbocycles. The number of hydrogen-bond acceptors (Lipinski definition) is 3. The molecular formula is C14H28N2O4. The van der Waals surface area contributed by atoms with E-state index in [1.54, 1.807) is 0 Å². The van der Waals surface area contributed by atoms with Gasteiger partial charge in [-0.2, -0.15) is 0 Å². The number of rotatable bonds is 8. The molecule has 6 heteroatoms. The SMILES string of the molecule is CC(C)C(CNC(=O)NCC(C)(O)CC(=O)O)C(C)C. The topological polar surface area (TPSA) is 98.7 Å². The van der Waals surface area contributed by atoms with Crippen LogP contribution in [-0.4, -0.2) is 40.9 Å². The van der Waals surface area contributed by atoms with Crippen LogP contribution in [0.3, 0.4) is 0 Å². The van der Waals surface area contributed by atoms with Gasteiger partial charge in [0.2, 0.25) is 0 Å². The van der Waals surface area contributed by atoms with Crippen LogP contribution in [0.1, 0.15) is 41.0 Å². The van der Waals surface area contributed by atoms with E-state index in [1.807, 2.05) is 0 Å². The molecule has 118 valence electrons. The van der Waals surface area contributed by atoms with Crippen molar-refractivity contribution in [2.75, 3.05) is 13.1 Å². The van der Waals surface area contributed by atoms with Gasteiger partial charge in [0.05, 0.1) is 12.0 Å². The van der Waals surface area contributed by atoms with Crippen molar-refractivity contribution in [3.8, 4) is 0 Å². The predicted octanol–water partition coefficient (Wildman–Crippen LogP) is 1.44. The van der Waals surface area contributed by atoms with Crippen LogP contribution in [-0.2, 0) is 4.79 Å². The van der Waals surface area contributed by atoms with E-state index in [-0.39, 0.29) is 12.6 Å². The van der Waals surface area contributed by atoms with E-state index in [9.17, 15) is 14.7 Å². The first-order valence-corrected chi connectivity index (χ1v) is 7.01. The number of aliphatic hydroxyl groups is 1. The van der Waals surface area contributed by atoms with Crippen LogP contribution in [0.25, 0.3) is 0 Å². The molecule has 0 aromatic rings. The fourth-order valence-electron chi connectivity index (χ4n) is 2.17. The van der Waals surface area contributed by atoms with Gasteiger partial charge >= 0.3 is 12.0 Å². The minimum Gasteiger partial charge on any atom is -0.481 e. The third-order valence-corrected chi connectivity index (χ3v) is 3.37. The summed E-state index contributed by atoms with van der Waals surface area (Å²) in [6.07, 6.45) is -0.409. The van der Waals surface area contributed by atoms with Gasteiger partial charge in [-0.25, -0.2) is 4.79 Å². The van der Waals surface area contributed by atoms with Gasteiger partial charge in [-0.15, -0.1) is 0 Å². The second-order valence-electron chi connectivity index (χ2n) is 6.28. The van der Waals surface area contributed by atoms with Crippen molar-refractivity contribution in [1.82, 2.24) is 10.6 Å². The maximum atomic E-state index is 11.6. The molecule has 0 radical (unpaired) electrons. The minimum absolute atomic E-state index is 0.0981. The van der Waals surface area contributed by atoms with Crippen molar-refractivity contribution in [3.63, 3.8) is 0 Å². The number of aliphatic carboxylic acids is 1. The molecule has 0 aromatic carbocycles. The van der Waals surface area contributed by atoms with Crippen LogP contribution in [0.2, 0.25) is 0 Å². The van der Waals surface area contributed by atoms with Crippen molar-refractivity contribution in [2.24, 2.45) is 17.8 Å². The van der Waals surface area contributed by atoms with Crippen LogP contribution in [0, 0.1) is 17.8 Å². The minimum atomic E-state index is -1.45. The predicted molar refractivity (Wildman–Crippen MR) is 77.4 cm³/mol. The van der Waals surface area contributed by atoms with Crippen molar-refractivity contribution >= 4 is 12.0 Å². The molecule has 0 spiro atoms. The molecule has 0 bridgehead atoms. The van der Waals surface area contributed by atoms with E-state index in [2.05, 4.69) is 38.3 Å². The lowest BCUT2D eigenvalue weighted by atomic mass is 9.85. The first-order valence-electron chi connectivity index (χ1n) is 7.01. The summed E-state index contributed by atoms with van der Waals surface area (Å²) in [6, 6.07) is -0.387. The van der Waals surface area contributed by atoms with Crippen LogP contribution >= 0.6 is 0 Å². The summed E-state index contributed by atoms with van der Waals surface area (Å²) >= 11 is 0. The fraction of sp³-hybridized carbons (Fsp3) is 0.857. The first kappa shape index (κ1) is 18.7. The van der Waals surface area contributed by atoms with Crippen LogP contribution in [0.4, 0.5) is 4.79 Å². The van der Waals surface area contributed by atoms with Crippen LogP contribution < -0.4 is 10.6 Å². The zero-order valence-electron chi connectivity index (χ0n) is 13.1. The molecule has 0 aromatic heterocycles. The average Bonchev–Trinajstić information content (AvgIpc) is 2.24. The van der Waals surface area contributed by atoms with Gasteiger partial charge in [0.15, 0.2) is 0 Å². The Morgan fingerprint density at radius 2 is 1.60 bits per heavy atom. The molecule has 0 aliphatic carbocycles. The number of hydrogen-bond donors (Lipinski definition) is 4. The molecule has 1 unspecified atom stereocenters. The average molecular weight is 288 g/mol. The van der Waals surface area contributed by atoms with E-state index in [4.69, 9.17) is 5.11 Å². The molecule has 0 aliphatic rings. The van der Waals surface area contributed by atoms with Crippen molar-refractivity contribution in [2.45, 2.75) is 46.6 Å². The first-order chi connectivity index (χ1) is 9.05. The van der Waals surface area contributed by atoms with Crippen molar-refractivity contribution in [1.29, 1.82) is 0 Å². The van der Waals surface area contributed by atoms with Gasteiger partial charge in [-0.05, 0) is 24.7 Å². The van der Waals surface area contributed by atoms with Gasteiger partial charge in [0.25, 0.3) is 0 Å². The Morgan fingerprint density at radius 3 is 2.00 bits per heavy atom. The van der Waals surface area contributed by atoms with Gasteiger partial charge in [0.1, 0.15) is 0 Å². The summed E-state index contributed by atoms with van der Waals surface area (Å²) in [6.45, 7) is 10.3. The zero-order valence-corrected chi connectivity index (χ0v) is 13.1. The Morgan fingerprint density at radius 1 is 1.10 bits per heavy atom. The Labute approximate surface area is 120 Å². The summed E-state index contributed by atoms with van der Waals surface area (Å²) in [7, 11) is 0. The number of urea groups is 1. The highest BCUT2D eigenvalue weighted by molar-refractivity contribution is 5.74. The third-order valence-electron chi connectivity index (χ3n) is 3.37. The second-order valence-corrected chi connectivity index (χ2v) is 6.28. The van der Waals surface area contributed by atoms with E-state index in [1.165, 1.54) is 6.92 Å². The van der Waals surface area contributed by atoms with E-state index < -0.39 is 18.0 Å². The van der Waals surface area contributed by atoms with E-state index in [0.717, 1.165) is 0 Å². The van der Waals surface area contributed by atoms with Gasteiger partial charge in [-0.1, -0.05) is 27.7 Å². The molecule has 0 saturated heterocycles. The smallest absolute Gasteiger partial charge is 0.314 e. The Balaban J connectivity index is 4.15. The maximum Gasteiger partial charge on any atom is 0.314 e. The number of carbonyl (C=O) groups is 2. The molecular weight excluding hydrogens is 260 g/mol. The van der Waals surface area contributed by atoms with Gasteiger partial charge in [0, 0.05) is 13.1 Å². The number of amides is 2. The summed E-state index contributed by atoms with van der Waals surface area (Å²) in [5, 5.41) is 23.6. The van der Waals surface area contributed by atoms with Crippen molar-refractivity contribution < 1.29 is 19.8 Å². The maximum absolute atomic E-state index is 11.6. The summed E-state index contributed by atoms with van der Waals surface area (Å²) in [5.41, 5.74) is -1.45. The molecule has 0 aliphatic heterocycles. The number of carbonyl (C=O) groups excluding carboxylic acids is 1. The molecule has 6 nitrogen and oxygen atoms in total. The Kier molecular flexibility index (Phi) is 7.57. The Hall–Kier alpha value is -1.30. The van der Waals surface area contributed by atoms with Crippen molar-refractivity contribution in [3.05, 3.63) is 0 Å². The molecule has 0 fully saturated rings. The second kappa shape index (κ2) is 8.09. The monoisotopic (exact) mass is 288 g/mol. The number of nitrogens with one attached hydrogen (secondary N) is 2. The summed E-state index contributed by atoms with van der Waals surface area (Å²) in [4.78, 5) is 22.2. The number of carboxylic acids is 1.